The topological polar surface area (TPSA) is 66.5 Å². The molecule has 0 unspecified atom stereocenters. The second kappa shape index (κ2) is 7.02. The van der Waals surface area contributed by atoms with Crippen molar-refractivity contribution >= 4 is 22.0 Å². The van der Waals surface area contributed by atoms with Crippen LogP contribution >= 0.6 is 0 Å². The smallest absolute Gasteiger partial charge is 0.246 e. The minimum atomic E-state index is -3.21. The fourth-order valence-electron chi connectivity index (χ4n) is 2.37. The van der Waals surface area contributed by atoms with Crippen molar-refractivity contribution in [1.82, 2.24) is 9.62 Å². The molecule has 0 radical (unpaired) electrons. The molecule has 1 N–H and O–H groups in total. The van der Waals surface area contributed by atoms with E-state index in [1.807, 2.05) is 0 Å². The molecule has 1 aromatic carbocycles. The van der Waals surface area contributed by atoms with Crippen LogP contribution in [0.25, 0.3) is 6.08 Å². The minimum absolute atomic E-state index is 0.111. The third-order valence-corrected chi connectivity index (χ3v) is 4.24. The average molecular weight is 326 g/mol. The van der Waals surface area contributed by atoms with E-state index in [1.165, 1.54) is 18.2 Å². The Hall–Kier alpha value is -1.73. The lowest BCUT2D eigenvalue weighted by atomic mass is 10.1. The van der Waals surface area contributed by atoms with Crippen molar-refractivity contribution in [1.29, 1.82) is 0 Å². The molecule has 1 aromatic rings. The van der Waals surface area contributed by atoms with Crippen molar-refractivity contribution in [2.45, 2.75) is 18.9 Å². The van der Waals surface area contributed by atoms with Crippen molar-refractivity contribution in [3.63, 3.8) is 0 Å². The Labute approximate surface area is 129 Å². The van der Waals surface area contributed by atoms with Gasteiger partial charge in [0.1, 0.15) is 5.82 Å². The van der Waals surface area contributed by atoms with Gasteiger partial charge in [0.15, 0.2) is 0 Å². The van der Waals surface area contributed by atoms with Crippen LogP contribution in [0.2, 0.25) is 0 Å². The molecular weight excluding hydrogens is 307 g/mol. The third-order valence-electron chi connectivity index (χ3n) is 3.48. The number of piperidine rings is 1. The number of carbonyl (C=O) groups is 1. The van der Waals surface area contributed by atoms with Gasteiger partial charge in [-0.05, 0) is 36.6 Å². The van der Waals surface area contributed by atoms with E-state index in [1.54, 1.807) is 23.1 Å². The number of amides is 1. The summed E-state index contributed by atoms with van der Waals surface area (Å²) in [5, 5.41) is 0. The maximum atomic E-state index is 12.8. The highest BCUT2D eigenvalue weighted by atomic mass is 32.2. The highest BCUT2D eigenvalue weighted by Gasteiger charge is 2.23. The molecule has 1 aliphatic heterocycles. The van der Waals surface area contributed by atoms with Crippen molar-refractivity contribution in [2.75, 3.05) is 19.3 Å². The van der Waals surface area contributed by atoms with Gasteiger partial charge < -0.3 is 4.90 Å². The van der Waals surface area contributed by atoms with Gasteiger partial charge in [0, 0.05) is 25.2 Å². The van der Waals surface area contributed by atoms with E-state index >= 15 is 0 Å². The molecule has 0 aliphatic carbocycles. The molecule has 1 saturated heterocycles. The van der Waals surface area contributed by atoms with Gasteiger partial charge in [0.25, 0.3) is 0 Å². The van der Waals surface area contributed by atoms with E-state index in [0.29, 0.717) is 25.9 Å². The summed E-state index contributed by atoms with van der Waals surface area (Å²) in [6.45, 7) is 1.03. The Morgan fingerprint density at radius 2 is 1.86 bits per heavy atom. The maximum Gasteiger partial charge on any atom is 0.246 e. The molecule has 0 spiro atoms. The number of nitrogens with zero attached hydrogens (tertiary/aromatic N) is 1. The Bertz CT molecular complexity index is 648. The van der Waals surface area contributed by atoms with Gasteiger partial charge in [0.2, 0.25) is 15.9 Å². The number of hydrogen-bond acceptors (Lipinski definition) is 3. The summed E-state index contributed by atoms with van der Waals surface area (Å²) >= 11 is 0. The summed E-state index contributed by atoms with van der Waals surface area (Å²) in [6.07, 6.45) is 5.43. The summed E-state index contributed by atoms with van der Waals surface area (Å²) < 4.78 is 37.7. The SMILES string of the molecule is CS(=O)(=O)NC1CCN(C(=O)/C=C\c2ccc(F)cc2)CC1. The molecule has 0 saturated carbocycles. The predicted octanol–water partition coefficient (Wildman–Crippen LogP) is 1.38. The summed E-state index contributed by atoms with van der Waals surface area (Å²) in [6, 6.07) is 5.77. The van der Waals surface area contributed by atoms with Gasteiger partial charge in [-0.2, -0.15) is 0 Å². The molecule has 1 amide bonds. The Balaban J connectivity index is 1.86. The zero-order chi connectivity index (χ0) is 16.2. The molecule has 0 bridgehead atoms. The Morgan fingerprint density at radius 3 is 2.41 bits per heavy atom. The first kappa shape index (κ1) is 16.6. The van der Waals surface area contributed by atoms with E-state index in [2.05, 4.69) is 4.72 Å². The number of benzene rings is 1. The fraction of sp³-hybridized carbons (Fsp3) is 0.400. The normalized spacial score (nSPS) is 17.1. The monoisotopic (exact) mass is 326 g/mol. The van der Waals surface area contributed by atoms with Crippen molar-refractivity contribution in [2.24, 2.45) is 0 Å². The molecule has 0 atom stereocenters. The summed E-state index contributed by atoms with van der Waals surface area (Å²) in [7, 11) is -3.21. The van der Waals surface area contributed by atoms with Crippen LogP contribution in [0, 0.1) is 5.82 Å². The molecular formula is C15H19FN2O3S. The van der Waals surface area contributed by atoms with Gasteiger partial charge in [-0.25, -0.2) is 17.5 Å². The van der Waals surface area contributed by atoms with Crippen LogP contribution in [-0.4, -0.2) is 44.6 Å². The highest BCUT2D eigenvalue weighted by molar-refractivity contribution is 7.88. The molecule has 1 fully saturated rings. The second-order valence-corrected chi connectivity index (χ2v) is 7.15. The molecule has 5 nitrogen and oxygen atoms in total. The standard InChI is InChI=1S/C15H19FN2O3S/c1-22(20,21)17-14-8-10-18(11-9-14)15(19)7-4-12-2-5-13(16)6-3-12/h2-7,14,17H,8-11H2,1H3/b7-4-. The number of sulfonamides is 1. The average Bonchev–Trinajstić information content (AvgIpc) is 2.45. The first-order chi connectivity index (χ1) is 10.3. The van der Waals surface area contributed by atoms with E-state index in [-0.39, 0.29) is 17.8 Å². The van der Waals surface area contributed by atoms with Gasteiger partial charge in [-0.3, -0.25) is 4.79 Å². The third kappa shape index (κ3) is 5.23. The quantitative estimate of drug-likeness (QED) is 0.850. The maximum absolute atomic E-state index is 12.8. The number of halogens is 1. The van der Waals surface area contributed by atoms with Crippen LogP contribution in [0.3, 0.4) is 0 Å². The van der Waals surface area contributed by atoms with E-state index in [0.717, 1.165) is 11.8 Å². The van der Waals surface area contributed by atoms with Crippen LogP contribution < -0.4 is 4.72 Å². The summed E-state index contributed by atoms with van der Waals surface area (Å²) in [4.78, 5) is 13.7. The minimum Gasteiger partial charge on any atom is -0.339 e. The van der Waals surface area contributed by atoms with Crippen LogP contribution in [0.5, 0.6) is 0 Å². The summed E-state index contributed by atoms with van der Waals surface area (Å²) in [5.41, 5.74) is 0.753. The molecule has 1 heterocycles. The zero-order valence-corrected chi connectivity index (χ0v) is 13.1. The zero-order valence-electron chi connectivity index (χ0n) is 12.3. The van der Waals surface area contributed by atoms with Crippen LogP contribution in [0.1, 0.15) is 18.4 Å². The molecule has 120 valence electrons. The molecule has 7 heteroatoms. The van der Waals surface area contributed by atoms with E-state index in [9.17, 15) is 17.6 Å². The predicted molar refractivity (Wildman–Crippen MR) is 83.0 cm³/mol. The number of carbonyl (C=O) groups excluding carboxylic acids is 1. The van der Waals surface area contributed by atoms with Crippen molar-refractivity contribution in [3.05, 3.63) is 41.7 Å². The van der Waals surface area contributed by atoms with Gasteiger partial charge in [0.05, 0.1) is 6.26 Å². The highest BCUT2D eigenvalue weighted by Crippen LogP contribution is 2.12. The fourth-order valence-corrected chi connectivity index (χ4v) is 3.21. The van der Waals surface area contributed by atoms with Crippen LogP contribution in [-0.2, 0) is 14.8 Å². The first-order valence-electron chi connectivity index (χ1n) is 7.03. The number of rotatable bonds is 4. The molecule has 0 aromatic heterocycles. The van der Waals surface area contributed by atoms with Gasteiger partial charge >= 0.3 is 0 Å². The van der Waals surface area contributed by atoms with Crippen LogP contribution in [0.4, 0.5) is 4.39 Å². The molecule has 1 aliphatic rings. The first-order valence-corrected chi connectivity index (χ1v) is 8.92. The van der Waals surface area contributed by atoms with Crippen LogP contribution in [0.15, 0.2) is 30.3 Å². The lowest BCUT2D eigenvalue weighted by molar-refractivity contribution is -0.126. The van der Waals surface area contributed by atoms with Gasteiger partial charge in [-0.1, -0.05) is 12.1 Å². The Morgan fingerprint density at radius 1 is 1.27 bits per heavy atom. The largest absolute Gasteiger partial charge is 0.339 e. The number of likely N-dealkylation sites (tertiary alicyclic amines) is 1. The van der Waals surface area contributed by atoms with Gasteiger partial charge in [-0.15, -0.1) is 0 Å². The molecule has 22 heavy (non-hydrogen) atoms. The lowest BCUT2D eigenvalue weighted by Gasteiger charge is -2.31. The summed E-state index contributed by atoms with van der Waals surface area (Å²) in [5.74, 6) is -0.439. The van der Waals surface area contributed by atoms with E-state index < -0.39 is 10.0 Å². The number of hydrogen-bond donors (Lipinski definition) is 1. The Kier molecular flexibility index (Phi) is 5.31. The molecule has 2 rings (SSSR count). The van der Waals surface area contributed by atoms with Crippen molar-refractivity contribution < 1.29 is 17.6 Å². The van der Waals surface area contributed by atoms with Crippen molar-refractivity contribution in [3.8, 4) is 0 Å². The van der Waals surface area contributed by atoms with E-state index in [4.69, 9.17) is 0 Å². The second-order valence-electron chi connectivity index (χ2n) is 5.37. The number of nitrogens with one attached hydrogen (secondary N) is 1. The lowest BCUT2D eigenvalue weighted by Crippen LogP contribution is -2.45.